The smallest absolute Gasteiger partial charge is 0.272 e. The molecule has 0 radical (unpaired) electrons. The van der Waals surface area contributed by atoms with Crippen LogP contribution in [0.4, 0.5) is 18.9 Å². The summed E-state index contributed by atoms with van der Waals surface area (Å²) in [6.07, 6.45) is 0. The van der Waals surface area contributed by atoms with Crippen LogP contribution in [0.3, 0.4) is 0 Å². The quantitative estimate of drug-likeness (QED) is 0.632. The third-order valence-electron chi connectivity index (χ3n) is 4.95. The van der Waals surface area contributed by atoms with Gasteiger partial charge in [-0.3, -0.25) is 4.79 Å². The summed E-state index contributed by atoms with van der Waals surface area (Å²) in [5, 5.41) is 4.43. The van der Waals surface area contributed by atoms with Gasteiger partial charge in [-0.25, -0.2) is 17.9 Å². The molecule has 1 aliphatic heterocycles. The Morgan fingerprint density at radius 3 is 2.14 bits per heavy atom. The molecule has 5 nitrogen and oxygen atoms in total. The highest BCUT2D eigenvalue weighted by atomic mass is 19.2. The molecule has 0 saturated carbocycles. The van der Waals surface area contributed by atoms with Gasteiger partial charge in [-0.1, -0.05) is 18.2 Å². The van der Waals surface area contributed by atoms with Crippen molar-refractivity contribution in [3.8, 4) is 5.69 Å². The van der Waals surface area contributed by atoms with Crippen molar-refractivity contribution >= 4 is 11.6 Å². The Bertz CT molecular complexity index is 1020. The van der Waals surface area contributed by atoms with Crippen LogP contribution in [0.2, 0.25) is 0 Å². The molecule has 2 aromatic carbocycles. The number of amides is 1. The molecule has 3 aromatic rings. The van der Waals surface area contributed by atoms with Gasteiger partial charge in [0.1, 0.15) is 5.69 Å². The van der Waals surface area contributed by atoms with E-state index in [0.717, 1.165) is 23.5 Å². The van der Waals surface area contributed by atoms with Gasteiger partial charge in [0.15, 0.2) is 17.5 Å². The molecule has 0 N–H and O–H groups in total. The van der Waals surface area contributed by atoms with E-state index in [2.05, 4.69) is 5.10 Å². The van der Waals surface area contributed by atoms with Crippen molar-refractivity contribution in [3.63, 3.8) is 0 Å². The molecule has 1 aliphatic rings. The number of carbonyl (C=O) groups excluding carboxylic acids is 1. The van der Waals surface area contributed by atoms with E-state index in [1.54, 1.807) is 20.5 Å². The number of anilines is 1. The van der Waals surface area contributed by atoms with Crippen LogP contribution in [-0.4, -0.2) is 46.8 Å². The molecule has 0 spiro atoms. The highest BCUT2D eigenvalue weighted by Gasteiger charge is 2.26. The van der Waals surface area contributed by atoms with Crippen LogP contribution in [0.1, 0.15) is 16.2 Å². The lowest BCUT2D eigenvalue weighted by molar-refractivity contribution is 0.0737. The minimum Gasteiger partial charge on any atom is -0.368 e. The summed E-state index contributed by atoms with van der Waals surface area (Å²) < 4.78 is 41.8. The zero-order chi connectivity index (χ0) is 20.5. The predicted octanol–water partition coefficient (Wildman–Crippen LogP) is 3.56. The van der Waals surface area contributed by atoms with Crippen LogP contribution in [0.5, 0.6) is 0 Å². The molecule has 0 unspecified atom stereocenters. The van der Waals surface area contributed by atoms with Crippen molar-refractivity contribution in [1.82, 2.24) is 14.7 Å². The molecular formula is C21H19F3N4O. The maximum atomic E-state index is 13.5. The van der Waals surface area contributed by atoms with Crippen LogP contribution in [0.15, 0.2) is 48.5 Å². The maximum Gasteiger partial charge on any atom is 0.272 e. The van der Waals surface area contributed by atoms with Crippen LogP contribution in [-0.2, 0) is 0 Å². The van der Waals surface area contributed by atoms with Gasteiger partial charge >= 0.3 is 0 Å². The second kappa shape index (κ2) is 7.62. The first-order valence-corrected chi connectivity index (χ1v) is 9.25. The first kappa shape index (κ1) is 19.0. The number of para-hydroxylation sites is 1. The molecule has 0 bridgehead atoms. The fraction of sp³-hybridized carbons (Fsp3) is 0.238. The van der Waals surface area contributed by atoms with E-state index >= 15 is 0 Å². The number of hydrogen-bond donors (Lipinski definition) is 0. The Balaban J connectivity index is 1.51. The molecule has 2 heterocycles. The topological polar surface area (TPSA) is 41.4 Å². The van der Waals surface area contributed by atoms with Crippen LogP contribution in [0.25, 0.3) is 5.69 Å². The van der Waals surface area contributed by atoms with Crippen molar-refractivity contribution < 1.29 is 18.0 Å². The molecule has 4 rings (SSSR count). The Morgan fingerprint density at radius 2 is 1.52 bits per heavy atom. The van der Waals surface area contributed by atoms with Crippen LogP contribution < -0.4 is 4.90 Å². The Morgan fingerprint density at radius 1 is 0.897 bits per heavy atom. The van der Waals surface area contributed by atoms with Crippen molar-refractivity contribution in [2.45, 2.75) is 6.92 Å². The number of benzene rings is 2. The van der Waals surface area contributed by atoms with Gasteiger partial charge in [-0.2, -0.15) is 5.10 Å². The van der Waals surface area contributed by atoms with E-state index in [0.29, 0.717) is 31.9 Å². The molecule has 29 heavy (non-hydrogen) atoms. The predicted molar refractivity (Wildman–Crippen MR) is 103 cm³/mol. The average molecular weight is 400 g/mol. The van der Waals surface area contributed by atoms with Crippen LogP contribution in [0, 0.1) is 24.4 Å². The summed E-state index contributed by atoms with van der Waals surface area (Å²) in [6.45, 7) is 3.34. The molecule has 1 saturated heterocycles. The van der Waals surface area contributed by atoms with Gasteiger partial charge in [0.25, 0.3) is 5.91 Å². The van der Waals surface area contributed by atoms with Gasteiger partial charge in [0.2, 0.25) is 0 Å². The number of aryl methyl sites for hydroxylation is 1. The van der Waals surface area contributed by atoms with E-state index in [-0.39, 0.29) is 11.6 Å². The van der Waals surface area contributed by atoms with Gasteiger partial charge in [0.05, 0.1) is 11.4 Å². The van der Waals surface area contributed by atoms with E-state index in [9.17, 15) is 18.0 Å². The average Bonchev–Trinajstić information content (AvgIpc) is 3.13. The normalized spacial score (nSPS) is 14.3. The van der Waals surface area contributed by atoms with Gasteiger partial charge in [-0.15, -0.1) is 0 Å². The first-order chi connectivity index (χ1) is 13.9. The number of carbonyl (C=O) groups is 1. The minimum atomic E-state index is -1.48. The highest BCUT2D eigenvalue weighted by molar-refractivity contribution is 5.93. The number of rotatable bonds is 3. The van der Waals surface area contributed by atoms with E-state index < -0.39 is 17.5 Å². The number of nitrogens with zero attached hydrogens (tertiary/aromatic N) is 4. The fourth-order valence-electron chi connectivity index (χ4n) is 3.47. The summed E-state index contributed by atoms with van der Waals surface area (Å²) in [4.78, 5) is 16.5. The van der Waals surface area contributed by atoms with Crippen LogP contribution >= 0.6 is 0 Å². The van der Waals surface area contributed by atoms with Gasteiger partial charge in [-0.05, 0) is 25.1 Å². The van der Waals surface area contributed by atoms with E-state index in [4.69, 9.17) is 0 Å². The summed E-state index contributed by atoms with van der Waals surface area (Å²) in [6, 6.07) is 13.1. The number of aromatic nitrogens is 2. The van der Waals surface area contributed by atoms with E-state index in [1.807, 2.05) is 37.3 Å². The maximum absolute atomic E-state index is 13.5. The van der Waals surface area contributed by atoms with E-state index in [1.165, 1.54) is 0 Å². The van der Waals surface area contributed by atoms with Gasteiger partial charge in [0, 0.05) is 44.0 Å². The number of halogens is 3. The molecule has 8 heteroatoms. The van der Waals surface area contributed by atoms with Crippen molar-refractivity contribution in [1.29, 1.82) is 0 Å². The SMILES string of the molecule is Cc1cc(C(=O)N2CCN(c3cc(F)c(F)c(F)c3)CC2)n(-c2ccccc2)n1. The number of piperazine rings is 1. The lowest BCUT2D eigenvalue weighted by atomic mass is 10.2. The largest absolute Gasteiger partial charge is 0.368 e. The zero-order valence-electron chi connectivity index (χ0n) is 15.8. The highest BCUT2D eigenvalue weighted by Crippen LogP contribution is 2.23. The molecule has 1 aromatic heterocycles. The summed E-state index contributed by atoms with van der Waals surface area (Å²) in [7, 11) is 0. The van der Waals surface area contributed by atoms with Crippen molar-refractivity contribution in [2.24, 2.45) is 0 Å². The standard InChI is InChI=1S/C21H19F3N4O/c1-14-11-19(28(25-14)15-5-3-2-4-6-15)21(29)27-9-7-26(8-10-27)16-12-17(22)20(24)18(23)13-16/h2-6,11-13H,7-10H2,1H3. The Kier molecular flexibility index (Phi) is 5.00. The summed E-state index contributed by atoms with van der Waals surface area (Å²) in [5.41, 5.74) is 2.24. The lowest BCUT2D eigenvalue weighted by Gasteiger charge is -2.36. The lowest BCUT2D eigenvalue weighted by Crippen LogP contribution is -2.49. The summed E-state index contributed by atoms with van der Waals surface area (Å²) >= 11 is 0. The third-order valence-corrected chi connectivity index (χ3v) is 4.95. The zero-order valence-corrected chi connectivity index (χ0v) is 15.8. The Hall–Kier alpha value is -3.29. The Labute approximate surface area is 166 Å². The molecule has 0 aliphatic carbocycles. The molecule has 1 fully saturated rings. The number of hydrogen-bond acceptors (Lipinski definition) is 3. The molecular weight excluding hydrogens is 381 g/mol. The molecule has 0 atom stereocenters. The third kappa shape index (κ3) is 3.70. The minimum absolute atomic E-state index is 0.162. The van der Waals surface area contributed by atoms with Crippen molar-refractivity contribution in [2.75, 3.05) is 31.1 Å². The second-order valence-corrected chi connectivity index (χ2v) is 6.92. The fourth-order valence-corrected chi connectivity index (χ4v) is 3.47. The van der Waals surface area contributed by atoms with Gasteiger partial charge < -0.3 is 9.80 Å². The monoisotopic (exact) mass is 400 g/mol. The second-order valence-electron chi connectivity index (χ2n) is 6.92. The molecule has 1 amide bonds. The first-order valence-electron chi connectivity index (χ1n) is 9.25. The molecule has 150 valence electrons. The summed E-state index contributed by atoms with van der Waals surface area (Å²) in [5.74, 6) is -4.08. The van der Waals surface area contributed by atoms with Crippen molar-refractivity contribution in [3.05, 3.63) is 77.4 Å².